The van der Waals surface area contributed by atoms with Gasteiger partial charge in [-0.25, -0.2) is 0 Å². The van der Waals surface area contributed by atoms with Crippen LogP contribution in [0.3, 0.4) is 0 Å². The Bertz CT molecular complexity index is 159. The van der Waals surface area contributed by atoms with Gasteiger partial charge in [0, 0.05) is 18.4 Å². The minimum Gasteiger partial charge on any atom is -0.378 e. The Morgan fingerprint density at radius 2 is 2.23 bits per heavy atom. The lowest BCUT2D eigenvalue weighted by Crippen LogP contribution is -2.29. The van der Waals surface area contributed by atoms with Gasteiger partial charge in [0.15, 0.2) is 0 Å². The van der Waals surface area contributed by atoms with Crippen molar-refractivity contribution in [2.24, 2.45) is 11.7 Å². The SMILES string of the molecule is NC1CSCC1CCC1CCCO1. The Hall–Kier alpha value is 0.270. The maximum absolute atomic E-state index is 6.00. The number of thioether (sulfide) groups is 1. The van der Waals surface area contributed by atoms with Crippen LogP contribution in [0.2, 0.25) is 0 Å². The van der Waals surface area contributed by atoms with E-state index >= 15 is 0 Å². The molecule has 3 unspecified atom stereocenters. The fraction of sp³-hybridized carbons (Fsp3) is 1.00. The number of rotatable bonds is 3. The van der Waals surface area contributed by atoms with Crippen molar-refractivity contribution >= 4 is 11.8 Å². The summed E-state index contributed by atoms with van der Waals surface area (Å²) in [6.45, 7) is 0.982. The molecule has 0 amide bonds. The summed E-state index contributed by atoms with van der Waals surface area (Å²) in [5, 5.41) is 0. The van der Waals surface area contributed by atoms with Gasteiger partial charge in [-0.1, -0.05) is 0 Å². The summed E-state index contributed by atoms with van der Waals surface area (Å²) in [6, 6.07) is 0.450. The Labute approximate surface area is 84.6 Å². The van der Waals surface area contributed by atoms with Crippen LogP contribution in [-0.4, -0.2) is 30.3 Å². The molecule has 76 valence electrons. The standard InChI is InChI=1S/C10H19NOS/c11-10-7-13-6-8(10)3-4-9-2-1-5-12-9/h8-10H,1-7,11H2. The van der Waals surface area contributed by atoms with Gasteiger partial charge < -0.3 is 10.5 Å². The molecule has 2 rings (SSSR count). The van der Waals surface area contributed by atoms with Crippen molar-refractivity contribution in [2.45, 2.75) is 37.8 Å². The molecule has 0 aromatic heterocycles. The lowest BCUT2D eigenvalue weighted by molar-refractivity contribution is 0.0984. The van der Waals surface area contributed by atoms with Crippen molar-refractivity contribution in [1.29, 1.82) is 0 Å². The molecule has 13 heavy (non-hydrogen) atoms. The second-order valence-electron chi connectivity index (χ2n) is 4.17. The summed E-state index contributed by atoms with van der Waals surface area (Å²) in [6.07, 6.45) is 5.60. The van der Waals surface area contributed by atoms with Gasteiger partial charge in [0.25, 0.3) is 0 Å². The van der Waals surface area contributed by atoms with Crippen LogP contribution in [0, 0.1) is 5.92 Å². The molecule has 2 aliphatic heterocycles. The van der Waals surface area contributed by atoms with Crippen LogP contribution < -0.4 is 5.73 Å². The fourth-order valence-electron chi connectivity index (χ4n) is 2.18. The van der Waals surface area contributed by atoms with Crippen LogP contribution in [0.25, 0.3) is 0 Å². The molecular weight excluding hydrogens is 182 g/mol. The second-order valence-corrected chi connectivity index (χ2v) is 5.25. The maximum atomic E-state index is 6.00. The van der Waals surface area contributed by atoms with Crippen molar-refractivity contribution in [3.8, 4) is 0 Å². The molecule has 0 aromatic rings. The molecule has 0 bridgehead atoms. The number of hydrogen-bond acceptors (Lipinski definition) is 3. The molecule has 2 aliphatic rings. The summed E-state index contributed by atoms with van der Waals surface area (Å²) in [7, 11) is 0. The maximum Gasteiger partial charge on any atom is 0.0576 e. The molecule has 0 aromatic carbocycles. The van der Waals surface area contributed by atoms with E-state index < -0.39 is 0 Å². The topological polar surface area (TPSA) is 35.2 Å². The van der Waals surface area contributed by atoms with Gasteiger partial charge in [0.05, 0.1) is 6.10 Å². The smallest absolute Gasteiger partial charge is 0.0576 e. The first-order valence-electron chi connectivity index (χ1n) is 5.31. The Morgan fingerprint density at radius 3 is 2.85 bits per heavy atom. The van der Waals surface area contributed by atoms with E-state index in [9.17, 15) is 0 Å². The van der Waals surface area contributed by atoms with Crippen LogP contribution in [0.4, 0.5) is 0 Å². The van der Waals surface area contributed by atoms with E-state index in [1.807, 2.05) is 11.8 Å². The molecular formula is C10H19NOS. The van der Waals surface area contributed by atoms with Gasteiger partial charge in [0.1, 0.15) is 0 Å². The zero-order chi connectivity index (χ0) is 9.10. The van der Waals surface area contributed by atoms with Gasteiger partial charge in [-0.15, -0.1) is 0 Å². The molecule has 3 atom stereocenters. The minimum atomic E-state index is 0.450. The first-order chi connectivity index (χ1) is 6.36. The average molecular weight is 201 g/mol. The number of ether oxygens (including phenoxy) is 1. The van der Waals surface area contributed by atoms with E-state index in [0.717, 1.165) is 18.3 Å². The molecule has 0 radical (unpaired) electrons. The molecule has 2 heterocycles. The lowest BCUT2D eigenvalue weighted by Gasteiger charge is -2.16. The quantitative estimate of drug-likeness (QED) is 0.754. The van der Waals surface area contributed by atoms with Crippen molar-refractivity contribution in [1.82, 2.24) is 0 Å². The lowest BCUT2D eigenvalue weighted by atomic mass is 9.96. The van der Waals surface area contributed by atoms with E-state index in [0.29, 0.717) is 12.1 Å². The normalized spacial score (nSPS) is 39.9. The van der Waals surface area contributed by atoms with E-state index in [1.54, 1.807) is 0 Å². The molecule has 3 heteroatoms. The fourth-order valence-corrected chi connectivity index (χ4v) is 3.58. The number of nitrogens with two attached hydrogens (primary N) is 1. The summed E-state index contributed by atoms with van der Waals surface area (Å²) in [5.74, 6) is 3.19. The van der Waals surface area contributed by atoms with Crippen LogP contribution in [0.15, 0.2) is 0 Å². The zero-order valence-corrected chi connectivity index (χ0v) is 8.89. The Balaban J connectivity index is 1.66. The van der Waals surface area contributed by atoms with Crippen LogP contribution in [0.1, 0.15) is 25.7 Å². The van der Waals surface area contributed by atoms with Crippen molar-refractivity contribution in [3.63, 3.8) is 0 Å². The molecule has 2 nitrogen and oxygen atoms in total. The van der Waals surface area contributed by atoms with Crippen molar-refractivity contribution in [2.75, 3.05) is 18.1 Å². The van der Waals surface area contributed by atoms with Crippen LogP contribution in [0.5, 0.6) is 0 Å². The summed E-state index contributed by atoms with van der Waals surface area (Å²) < 4.78 is 5.60. The zero-order valence-electron chi connectivity index (χ0n) is 8.08. The van der Waals surface area contributed by atoms with Gasteiger partial charge in [-0.2, -0.15) is 11.8 Å². The highest BCUT2D eigenvalue weighted by molar-refractivity contribution is 7.99. The highest BCUT2D eigenvalue weighted by atomic mass is 32.2. The van der Waals surface area contributed by atoms with Gasteiger partial charge in [-0.3, -0.25) is 0 Å². The Kier molecular flexibility index (Phi) is 3.52. The van der Waals surface area contributed by atoms with Crippen molar-refractivity contribution in [3.05, 3.63) is 0 Å². The summed E-state index contributed by atoms with van der Waals surface area (Å²) >= 11 is 2.01. The van der Waals surface area contributed by atoms with Gasteiger partial charge in [0.2, 0.25) is 0 Å². The van der Waals surface area contributed by atoms with Gasteiger partial charge in [-0.05, 0) is 37.4 Å². The average Bonchev–Trinajstić information content (AvgIpc) is 2.72. The third-order valence-corrected chi connectivity index (χ3v) is 4.42. The third-order valence-electron chi connectivity index (χ3n) is 3.13. The predicted octanol–water partition coefficient (Wildman–Crippen LogP) is 1.64. The van der Waals surface area contributed by atoms with Gasteiger partial charge >= 0.3 is 0 Å². The van der Waals surface area contributed by atoms with E-state index in [4.69, 9.17) is 10.5 Å². The highest BCUT2D eigenvalue weighted by Crippen LogP contribution is 2.28. The van der Waals surface area contributed by atoms with E-state index in [2.05, 4.69) is 0 Å². The molecule has 0 saturated carbocycles. The van der Waals surface area contributed by atoms with Crippen LogP contribution >= 0.6 is 11.8 Å². The van der Waals surface area contributed by atoms with Crippen LogP contribution in [-0.2, 0) is 4.74 Å². The molecule has 2 N–H and O–H groups in total. The van der Waals surface area contributed by atoms with E-state index in [-0.39, 0.29) is 0 Å². The first kappa shape index (κ1) is 9.81. The molecule has 2 saturated heterocycles. The van der Waals surface area contributed by atoms with E-state index in [1.165, 1.54) is 31.4 Å². The highest BCUT2D eigenvalue weighted by Gasteiger charge is 2.25. The summed E-state index contributed by atoms with van der Waals surface area (Å²) in [5.41, 5.74) is 6.00. The van der Waals surface area contributed by atoms with Crippen molar-refractivity contribution < 1.29 is 4.74 Å². The molecule has 2 fully saturated rings. The second kappa shape index (κ2) is 4.67. The third kappa shape index (κ3) is 2.61. The molecule has 0 aliphatic carbocycles. The largest absolute Gasteiger partial charge is 0.378 e. The molecule has 0 spiro atoms. The minimum absolute atomic E-state index is 0.450. The predicted molar refractivity (Wildman–Crippen MR) is 57.0 cm³/mol. The first-order valence-corrected chi connectivity index (χ1v) is 6.46. The monoisotopic (exact) mass is 201 g/mol. The summed E-state index contributed by atoms with van der Waals surface area (Å²) in [4.78, 5) is 0. The Morgan fingerprint density at radius 1 is 1.31 bits per heavy atom. The number of hydrogen-bond donors (Lipinski definition) is 1.